The van der Waals surface area contributed by atoms with Crippen LogP contribution in [-0.4, -0.2) is 6.21 Å². The van der Waals surface area contributed by atoms with Gasteiger partial charge in [0.15, 0.2) is 0 Å². The first-order valence-electron chi connectivity index (χ1n) is 7.55. The lowest BCUT2D eigenvalue weighted by Crippen LogP contribution is -1.92. The largest absolute Gasteiger partial charge is 0.278 e. The van der Waals surface area contributed by atoms with E-state index in [4.69, 9.17) is 0 Å². The molecule has 0 spiro atoms. The number of hydrazone groups is 1. The van der Waals surface area contributed by atoms with E-state index in [1.54, 1.807) is 18.3 Å². The van der Waals surface area contributed by atoms with Gasteiger partial charge in [0.05, 0.1) is 11.9 Å². The molecule has 0 heterocycles. The lowest BCUT2D eigenvalue weighted by molar-refractivity contribution is 0.628. The average molecular weight is 302 g/mol. The molecule has 0 amide bonds. The van der Waals surface area contributed by atoms with Crippen LogP contribution in [0, 0.1) is 5.82 Å². The molecular formula is C20H15FN2. The lowest BCUT2D eigenvalue weighted by Gasteiger charge is -2.04. The number of rotatable bonds is 3. The van der Waals surface area contributed by atoms with Crippen LogP contribution in [0.3, 0.4) is 0 Å². The van der Waals surface area contributed by atoms with Gasteiger partial charge in [0.2, 0.25) is 0 Å². The molecule has 23 heavy (non-hydrogen) atoms. The molecule has 4 rings (SSSR count). The summed E-state index contributed by atoms with van der Waals surface area (Å²) in [6.07, 6.45) is 2.64. The van der Waals surface area contributed by atoms with Gasteiger partial charge in [0.25, 0.3) is 0 Å². The van der Waals surface area contributed by atoms with Gasteiger partial charge in [-0.25, -0.2) is 4.39 Å². The van der Waals surface area contributed by atoms with E-state index in [0.717, 1.165) is 17.7 Å². The van der Waals surface area contributed by atoms with Gasteiger partial charge in [-0.2, -0.15) is 5.10 Å². The number of nitrogens with zero attached hydrogens (tertiary/aromatic N) is 1. The zero-order valence-corrected chi connectivity index (χ0v) is 12.5. The quantitative estimate of drug-likeness (QED) is 0.425. The smallest absolute Gasteiger partial charge is 0.123 e. The Labute approximate surface area is 134 Å². The lowest BCUT2D eigenvalue weighted by atomic mass is 10.1. The van der Waals surface area contributed by atoms with Gasteiger partial charge in [0, 0.05) is 0 Å². The third kappa shape index (κ3) is 2.73. The first-order valence-corrected chi connectivity index (χ1v) is 7.55. The molecule has 1 aliphatic rings. The first-order chi connectivity index (χ1) is 11.3. The molecule has 0 bridgehead atoms. The summed E-state index contributed by atoms with van der Waals surface area (Å²) in [5.41, 5.74) is 10.2. The molecule has 1 N–H and O–H groups in total. The van der Waals surface area contributed by atoms with Crippen LogP contribution in [0.4, 0.5) is 10.1 Å². The number of benzene rings is 3. The summed E-state index contributed by atoms with van der Waals surface area (Å²) in [6.45, 7) is 0. The zero-order valence-electron chi connectivity index (χ0n) is 12.5. The molecule has 1 aliphatic carbocycles. The van der Waals surface area contributed by atoms with Crippen molar-refractivity contribution in [2.75, 3.05) is 5.43 Å². The van der Waals surface area contributed by atoms with E-state index in [9.17, 15) is 4.39 Å². The van der Waals surface area contributed by atoms with Crippen molar-refractivity contribution in [1.82, 2.24) is 0 Å². The number of hydrogen-bond acceptors (Lipinski definition) is 2. The SMILES string of the molecule is Fc1ccc(/C=N/Nc2ccc3c(c2)Cc2ccccc2-3)cc1. The fourth-order valence-corrected chi connectivity index (χ4v) is 2.94. The summed E-state index contributed by atoms with van der Waals surface area (Å²) >= 11 is 0. The van der Waals surface area contributed by atoms with E-state index >= 15 is 0 Å². The molecule has 0 saturated heterocycles. The second-order valence-corrected chi connectivity index (χ2v) is 5.63. The highest BCUT2D eigenvalue weighted by molar-refractivity contribution is 5.81. The van der Waals surface area contributed by atoms with E-state index in [0.29, 0.717) is 0 Å². The van der Waals surface area contributed by atoms with Crippen molar-refractivity contribution >= 4 is 11.9 Å². The van der Waals surface area contributed by atoms with Gasteiger partial charge in [-0.15, -0.1) is 0 Å². The van der Waals surface area contributed by atoms with E-state index in [2.05, 4.69) is 46.9 Å². The zero-order chi connectivity index (χ0) is 15.6. The van der Waals surface area contributed by atoms with E-state index < -0.39 is 0 Å². The average Bonchev–Trinajstić information content (AvgIpc) is 2.94. The molecule has 0 saturated carbocycles. The topological polar surface area (TPSA) is 24.4 Å². The van der Waals surface area contributed by atoms with E-state index in [1.807, 2.05) is 6.07 Å². The van der Waals surface area contributed by atoms with Crippen LogP contribution in [0.2, 0.25) is 0 Å². The van der Waals surface area contributed by atoms with Gasteiger partial charge in [-0.1, -0.05) is 42.5 Å². The number of hydrogen-bond donors (Lipinski definition) is 1. The Bertz CT molecular complexity index is 882. The Morgan fingerprint density at radius 1 is 0.870 bits per heavy atom. The van der Waals surface area contributed by atoms with Crippen LogP contribution in [0.25, 0.3) is 11.1 Å². The van der Waals surface area contributed by atoms with Gasteiger partial charge >= 0.3 is 0 Å². The van der Waals surface area contributed by atoms with Crippen LogP contribution in [0.15, 0.2) is 71.8 Å². The Balaban J connectivity index is 1.51. The summed E-state index contributed by atoms with van der Waals surface area (Å²) in [7, 11) is 0. The standard InChI is InChI=1S/C20H15FN2/c21-17-7-5-14(6-8-17)13-22-23-18-9-10-20-16(12-18)11-15-3-1-2-4-19(15)20/h1-10,12-13,23H,11H2/b22-13+. The summed E-state index contributed by atoms with van der Waals surface area (Å²) < 4.78 is 12.9. The molecular weight excluding hydrogens is 287 g/mol. The maximum atomic E-state index is 12.9. The molecule has 0 fully saturated rings. The molecule has 0 aromatic heterocycles. The highest BCUT2D eigenvalue weighted by Gasteiger charge is 2.17. The number of anilines is 1. The Morgan fingerprint density at radius 2 is 1.65 bits per heavy atom. The summed E-state index contributed by atoms with van der Waals surface area (Å²) in [5, 5.41) is 4.22. The first kappa shape index (κ1) is 13.7. The normalized spacial score (nSPS) is 12.2. The van der Waals surface area contributed by atoms with Crippen molar-refractivity contribution in [2.24, 2.45) is 5.10 Å². The van der Waals surface area contributed by atoms with Crippen molar-refractivity contribution in [3.63, 3.8) is 0 Å². The van der Waals surface area contributed by atoms with E-state index in [1.165, 1.54) is 34.4 Å². The summed E-state index contributed by atoms with van der Waals surface area (Å²) in [5.74, 6) is -0.242. The Morgan fingerprint density at radius 3 is 2.52 bits per heavy atom. The molecule has 112 valence electrons. The molecule has 3 aromatic carbocycles. The van der Waals surface area contributed by atoms with E-state index in [-0.39, 0.29) is 5.82 Å². The maximum absolute atomic E-state index is 12.9. The van der Waals surface area contributed by atoms with Crippen LogP contribution in [-0.2, 0) is 6.42 Å². The number of fused-ring (bicyclic) bond motifs is 3. The van der Waals surface area contributed by atoms with Crippen LogP contribution in [0.1, 0.15) is 16.7 Å². The van der Waals surface area contributed by atoms with Crippen LogP contribution < -0.4 is 5.43 Å². The molecule has 0 atom stereocenters. The molecule has 0 aliphatic heterocycles. The second-order valence-electron chi connectivity index (χ2n) is 5.63. The molecule has 3 aromatic rings. The summed E-state index contributed by atoms with van der Waals surface area (Å²) in [4.78, 5) is 0. The minimum Gasteiger partial charge on any atom is -0.278 e. The van der Waals surface area contributed by atoms with Crippen molar-refractivity contribution in [3.05, 3.63) is 89.2 Å². The van der Waals surface area contributed by atoms with Crippen molar-refractivity contribution in [1.29, 1.82) is 0 Å². The Hall–Kier alpha value is -2.94. The van der Waals surface area contributed by atoms with Gasteiger partial charge in [-0.3, -0.25) is 5.43 Å². The van der Waals surface area contributed by atoms with Gasteiger partial charge in [-0.05, 0) is 58.5 Å². The van der Waals surface area contributed by atoms with Gasteiger partial charge < -0.3 is 0 Å². The molecule has 0 unspecified atom stereocenters. The number of halogens is 1. The van der Waals surface area contributed by atoms with Crippen LogP contribution in [0.5, 0.6) is 0 Å². The minimum atomic E-state index is -0.242. The second kappa shape index (κ2) is 5.69. The molecule has 2 nitrogen and oxygen atoms in total. The maximum Gasteiger partial charge on any atom is 0.123 e. The van der Waals surface area contributed by atoms with Crippen molar-refractivity contribution in [2.45, 2.75) is 6.42 Å². The van der Waals surface area contributed by atoms with Crippen molar-refractivity contribution < 1.29 is 4.39 Å². The van der Waals surface area contributed by atoms with Crippen LogP contribution >= 0.6 is 0 Å². The molecule has 0 radical (unpaired) electrons. The fraction of sp³-hybridized carbons (Fsp3) is 0.0500. The minimum absolute atomic E-state index is 0.242. The Kier molecular flexibility index (Phi) is 3.39. The monoisotopic (exact) mass is 302 g/mol. The summed E-state index contributed by atoms with van der Waals surface area (Å²) in [6, 6.07) is 21.0. The predicted octanol–water partition coefficient (Wildman–Crippen LogP) is 4.84. The third-order valence-corrected chi connectivity index (χ3v) is 4.07. The third-order valence-electron chi connectivity index (χ3n) is 4.07. The highest BCUT2D eigenvalue weighted by Crippen LogP contribution is 2.37. The number of nitrogens with one attached hydrogen (secondary N) is 1. The fourth-order valence-electron chi connectivity index (χ4n) is 2.94. The predicted molar refractivity (Wildman–Crippen MR) is 92.3 cm³/mol. The highest BCUT2D eigenvalue weighted by atomic mass is 19.1. The van der Waals surface area contributed by atoms with Gasteiger partial charge in [0.1, 0.15) is 5.82 Å². The van der Waals surface area contributed by atoms with Crippen molar-refractivity contribution in [3.8, 4) is 11.1 Å². The molecule has 3 heteroatoms.